The van der Waals surface area contributed by atoms with E-state index in [0.29, 0.717) is 17.5 Å². The number of furan rings is 1. The lowest BCUT2D eigenvalue weighted by Crippen LogP contribution is -2.14. The molecule has 0 atom stereocenters. The summed E-state index contributed by atoms with van der Waals surface area (Å²) < 4.78 is 8.99. The molecule has 0 saturated heterocycles. The molecule has 13 rings (SSSR count). The van der Waals surface area contributed by atoms with Crippen LogP contribution in [0.5, 0.6) is 0 Å². The van der Waals surface area contributed by atoms with Gasteiger partial charge in [0.2, 0.25) is 0 Å². The Kier molecular flexibility index (Phi) is 8.39. The maximum atomic E-state index is 6.59. The van der Waals surface area contributed by atoms with Crippen molar-refractivity contribution < 1.29 is 4.42 Å². The first-order valence-electron chi connectivity index (χ1n) is 22.1. The van der Waals surface area contributed by atoms with Gasteiger partial charge in [0.1, 0.15) is 11.2 Å². The number of rotatable bonds is 6. The van der Waals surface area contributed by atoms with E-state index in [2.05, 4.69) is 196 Å². The van der Waals surface area contributed by atoms with Gasteiger partial charge >= 0.3 is 0 Å². The fourth-order valence-corrected chi connectivity index (χ4v) is 11.3. The lowest BCUT2D eigenvalue weighted by molar-refractivity contribution is 0.660. The van der Waals surface area contributed by atoms with Gasteiger partial charge in [-0.15, -0.1) is 11.3 Å². The van der Waals surface area contributed by atoms with Gasteiger partial charge < -0.3 is 4.42 Å². The largest absolute Gasteiger partial charge is 0.456 e. The van der Waals surface area contributed by atoms with Crippen LogP contribution < -0.4 is 0 Å². The molecule has 0 radical (unpaired) electrons. The third-order valence-electron chi connectivity index (χ3n) is 13.4. The van der Waals surface area contributed by atoms with Gasteiger partial charge in [-0.3, -0.25) is 0 Å². The zero-order chi connectivity index (χ0) is 43.2. The van der Waals surface area contributed by atoms with Gasteiger partial charge in [0, 0.05) is 53.1 Å². The van der Waals surface area contributed by atoms with Gasteiger partial charge in [-0.25, -0.2) is 15.0 Å². The minimum atomic E-state index is -0.0658. The van der Waals surface area contributed by atoms with Crippen molar-refractivity contribution in [2.24, 2.45) is 0 Å². The maximum Gasteiger partial charge on any atom is 0.165 e. The van der Waals surface area contributed by atoms with Crippen LogP contribution in [0, 0.1) is 0 Å². The molecule has 0 aliphatic heterocycles. The zero-order valence-electron chi connectivity index (χ0n) is 35.7. The summed E-state index contributed by atoms with van der Waals surface area (Å²) in [5.41, 5.74) is 16.7. The average Bonchev–Trinajstić information content (AvgIpc) is 4.01. The van der Waals surface area contributed by atoms with E-state index >= 15 is 0 Å². The van der Waals surface area contributed by atoms with Gasteiger partial charge in [0.05, 0.1) is 0 Å². The molecule has 0 unspecified atom stereocenters. The van der Waals surface area contributed by atoms with Crippen LogP contribution in [0.2, 0.25) is 0 Å². The lowest BCUT2D eigenvalue weighted by atomic mass is 9.81. The van der Waals surface area contributed by atoms with Crippen LogP contribution in [-0.2, 0) is 5.41 Å². The monoisotopic (exact) mass is 849 g/mol. The van der Waals surface area contributed by atoms with E-state index in [0.717, 1.165) is 65.6 Å². The molecule has 1 aliphatic rings. The highest BCUT2D eigenvalue weighted by Crippen LogP contribution is 2.50. The molecule has 4 nitrogen and oxygen atoms in total. The highest BCUT2D eigenvalue weighted by atomic mass is 32.1. The van der Waals surface area contributed by atoms with Gasteiger partial charge in [-0.2, -0.15) is 0 Å². The Bertz CT molecular complexity index is 3860. The second-order valence-electron chi connectivity index (χ2n) is 17.5. The Morgan fingerprint density at radius 3 is 1.80 bits per heavy atom. The molecule has 1 aliphatic carbocycles. The van der Waals surface area contributed by atoms with E-state index in [9.17, 15) is 0 Å². The molecule has 306 valence electrons. The predicted molar refractivity (Wildman–Crippen MR) is 270 cm³/mol. The molecule has 0 N–H and O–H groups in total. The first-order chi connectivity index (χ1) is 31.9. The van der Waals surface area contributed by atoms with E-state index < -0.39 is 0 Å². The summed E-state index contributed by atoms with van der Waals surface area (Å²) in [6, 6.07) is 71.3. The fraction of sp³-hybridized carbons (Fsp3) is 0.0500. The number of benzene rings is 9. The van der Waals surface area contributed by atoms with E-state index in [1.807, 2.05) is 18.2 Å². The standard InChI is InChI=1S/C60H39N3OS/c1-60(2)50-22-8-6-17-43(50)44-31-29-42(35-51(44)60)40-16-10-15-39(33-40)41-30-32-52-49(34-41)55-47(20-12-23-53(55)64-52)58-61-57(38-27-25-37(26-28-38)36-13-4-3-5-14-36)62-59(63-58)48-21-11-19-46-45-18-7-9-24-54(45)65-56(46)48/h3-35H,1-2H3. The molecular weight excluding hydrogens is 811 g/mol. The van der Waals surface area contributed by atoms with Crippen molar-refractivity contribution in [1.29, 1.82) is 0 Å². The Balaban J connectivity index is 0.949. The molecular formula is C60H39N3OS. The van der Waals surface area contributed by atoms with Crippen molar-refractivity contribution in [2.75, 3.05) is 0 Å². The Hall–Kier alpha value is -7.99. The normalized spacial score (nSPS) is 12.9. The summed E-state index contributed by atoms with van der Waals surface area (Å²) in [7, 11) is 0. The molecule has 0 fully saturated rings. The summed E-state index contributed by atoms with van der Waals surface area (Å²) in [5, 5.41) is 4.42. The Morgan fingerprint density at radius 2 is 0.938 bits per heavy atom. The minimum absolute atomic E-state index is 0.0658. The van der Waals surface area contributed by atoms with Gasteiger partial charge in [-0.05, 0) is 98.1 Å². The first-order valence-corrected chi connectivity index (χ1v) is 22.9. The van der Waals surface area contributed by atoms with Crippen LogP contribution in [0.25, 0.3) is 121 Å². The molecule has 12 aromatic rings. The van der Waals surface area contributed by atoms with Gasteiger partial charge in [0.25, 0.3) is 0 Å². The topological polar surface area (TPSA) is 51.8 Å². The van der Waals surface area contributed by atoms with Crippen molar-refractivity contribution >= 4 is 53.4 Å². The summed E-state index contributed by atoms with van der Waals surface area (Å²) in [6.45, 7) is 4.68. The summed E-state index contributed by atoms with van der Waals surface area (Å²) in [5.74, 6) is 1.84. The van der Waals surface area contributed by atoms with Crippen molar-refractivity contribution in [1.82, 2.24) is 15.0 Å². The Labute approximate surface area is 380 Å². The number of hydrogen-bond donors (Lipinski definition) is 0. The van der Waals surface area contributed by atoms with Crippen molar-refractivity contribution in [2.45, 2.75) is 19.3 Å². The highest BCUT2D eigenvalue weighted by Gasteiger charge is 2.35. The number of nitrogens with zero attached hydrogens (tertiary/aromatic N) is 3. The van der Waals surface area contributed by atoms with E-state index in [1.165, 1.54) is 48.9 Å². The van der Waals surface area contributed by atoms with Crippen molar-refractivity contribution in [3.8, 4) is 78.7 Å². The predicted octanol–water partition coefficient (Wildman–Crippen LogP) is 16.4. The highest BCUT2D eigenvalue weighted by molar-refractivity contribution is 7.26. The molecule has 0 bridgehead atoms. The summed E-state index contributed by atoms with van der Waals surface area (Å²) in [6.07, 6.45) is 0. The van der Waals surface area contributed by atoms with Crippen LogP contribution >= 0.6 is 11.3 Å². The number of fused-ring (bicyclic) bond motifs is 9. The number of aromatic nitrogens is 3. The maximum absolute atomic E-state index is 6.59. The molecule has 0 saturated carbocycles. The fourth-order valence-electron chi connectivity index (χ4n) is 10.1. The third kappa shape index (κ3) is 6.07. The van der Waals surface area contributed by atoms with Gasteiger partial charge in [-0.1, -0.05) is 172 Å². The molecule has 9 aromatic carbocycles. The van der Waals surface area contributed by atoms with Crippen LogP contribution in [0.3, 0.4) is 0 Å². The smallest absolute Gasteiger partial charge is 0.165 e. The third-order valence-corrected chi connectivity index (χ3v) is 14.6. The Morgan fingerprint density at radius 1 is 0.369 bits per heavy atom. The molecule has 3 heterocycles. The van der Waals surface area contributed by atoms with E-state index in [1.54, 1.807) is 11.3 Å². The second-order valence-corrected chi connectivity index (χ2v) is 18.6. The van der Waals surface area contributed by atoms with Crippen LogP contribution in [0.4, 0.5) is 0 Å². The molecule has 0 spiro atoms. The average molecular weight is 850 g/mol. The summed E-state index contributed by atoms with van der Waals surface area (Å²) >= 11 is 1.78. The molecule has 65 heavy (non-hydrogen) atoms. The molecule has 5 heteroatoms. The van der Waals surface area contributed by atoms with E-state index in [-0.39, 0.29) is 5.41 Å². The lowest BCUT2D eigenvalue weighted by Gasteiger charge is -2.22. The van der Waals surface area contributed by atoms with Crippen LogP contribution in [0.15, 0.2) is 205 Å². The molecule has 3 aromatic heterocycles. The quantitative estimate of drug-likeness (QED) is 0.167. The van der Waals surface area contributed by atoms with E-state index in [4.69, 9.17) is 19.4 Å². The SMILES string of the molecule is CC1(C)c2ccccc2-c2ccc(-c3cccc(-c4ccc5oc6cccc(-c7nc(-c8ccc(-c9ccccc9)cc8)nc(-c8cccc9c8sc8ccccc89)n7)c6c5c4)c3)cc21. The second kappa shape index (κ2) is 14.5. The number of hydrogen-bond acceptors (Lipinski definition) is 5. The zero-order valence-corrected chi connectivity index (χ0v) is 36.5. The number of thiophene rings is 1. The van der Waals surface area contributed by atoms with Crippen LogP contribution in [0.1, 0.15) is 25.0 Å². The van der Waals surface area contributed by atoms with Crippen molar-refractivity contribution in [3.63, 3.8) is 0 Å². The van der Waals surface area contributed by atoms with Gasteiger partial charge in [0.15, 0.2) is 17.5 Å². The first kappa shape index (κ1) is 37.6. The summed E-state index contributed by atoms with van der Waals surface area (Å²) in [4.78, 5) is 15.9. The molecule has 0 amide bonds. The minimum Gasteiger partial charge on any atom is -0.456 e. The van der Waals surface area contributed by atoms with Crippen LogP contribution in [-0.4, -0.2) is 15.0 Å². The van der Waals surface area contributed by atoms with Crippen molar-refractivity contribution in [3.05, 3.63) is 211 Å².